The number of hydrogen-bond acceptors (Lipinski definition) is 3. The molecule has 0 aromatic heterocycles. The molecular formula is C14H17NO2. The van der Waals surface area contributed by atoms with Gasteiger partial charge in [-0.3, -0.25) is 0 Å². The van der Waals surface area contributed by atoms with E-state index in [2.05, 4.69) is 11.6 Å². The smallest absolute Gasteiger partial charge is 0.235 e. The van der Waals surface area contributed by atoms with Crippen LogP contribution in [0.5, 0.6) is 5.75 Å². The molecule has 1 rings (SSSR count). The van der Waals surface area contributed by atoms with Gasteiger partial charge in [0.15, 0.2) is 0 Å². The monoisotopic (exact) mass is 231 g/mol. The second kappa shape index (κ2) is 5.46. The number of ether oxygens (including phenoxy) is 1. The van der Waals surface area contributed by atoms with Gasteiger partial charge in [0, 0.05) is 0 Å². The molecule has 0 amide bonds. The zero-order valence-corrected chi connectivity index (χ0v) is 10.5. The Morgan fingerprint density at radius 2 is 2.00 bits per heavy atom. The van der Waals surface area contributed by atoms with Gasteiger partial charge in [-0.1, -0.05) is 18.7 Å². The Kier molecular flexibility index (Phi) is 4.24. The third kappa shape index (κ3) is 3.89. The highest BCUT2D eigenvalue weighted by molar-refractivity contribution is 5.38. The Morgan fingerprint density at radius 1 is 1.41 bits per heavy atom. The predicted octanol–water partition coefficient (Wildman–Crippen LogP) is 3.21. The highest BCUT2D eigenvalue weighted by Gasteiger charge is 2.18. The number of aliphatic imine (C=N–C) groups is 1. The van der Waals surface area contributed by atoms with E-state index in [0.717, 1.165) is 16.9 Å². The van der Waals surface area contributed by atoms with Crippen LogP contribution in [-0.2, 0) is 10.3 Å². The first-order valence-electron chi connectivity index (χ1n) is 5.42. The van der Waals surface area contributed by atoms with Crippen molar-refractivity contribution < 1.29 is 9.53 Å². The molecule has 0 radical (unpaired) electrons. The number of carbonyl (C=O) groups excluding carboxylic acids is 1. The van der Waals surface area contributed by atoms with Gasteiger partial charge in [0.25, 0.3) is 0 Å². The lowest BCUT2D eigenvalue weighted by atomic mass is 9.95. The molecule has 0 aliphatic heterocycles. The van der Waals surface area contributed by atoms with Crippen molar-refractivity contribution in [3.8, 4) is 5.75 Å². The van der Waals surface area contributed by atoms with Crippen LogP contribution in [0, 0.1) is 0 Å². The van der Waals surface area contributed by atoms with Gasteiger partial charge in [0.05, 0.1) is 5.54 Å². The fraction of sp³-hybridized carbons (Fsp3) is 0.357. The molecule has 0 fully saturated rings. The van der Waals surface area contributed by atoms with Gasteiger partial charge >= 0.3 is 0 Å². The Balaban J connectivity index is 2.80. The van der Waals surface area contributed by atoms with Crippen LogP contribution in [0.25, 0.3) is 0 Å². The molecule has 0 heterocycles. The quantitative estimate of drug-likeness (QED) is 0.443. The first-order chi connectivity index (χ1) is 7.95. The van der Waals surface area contributed by atoms with Crippen molar-refractivity contribution in [1.82, 2.24) is 0 Å². The SMILES string of the molecule is C=C(C)COc1ccc(C(C)(C)N=C=O)cc1. The summed E-state index contributed by atoms with van der Waals surface area (Å²) in [5, 5.41) is 0. The molecule has 0 bridgehead atoms. The van der Waals surface area contributed by atoms with E-state index >= 15 is 0 Å². The minimum atomic E-state index is -0.547. The largest absolute Gasteiger partial charge is 0.489 e. The Bertz CT molecular complexity index is 440. The van der Waals surface area contributed by atoms with Crippen LogP contribution in [0.4, 0.5) is 0 Å². The molecule has 90 valence electrons. The summed E-state index contributed by atoms with van der Waals surface area (Å²) in [6.45, 7) is 9.92. The van der Waals surface area contributed by atoms with Crippen molar-refractivity contribution >= 4 is 6.08 Å². The Labute approximate surface area is 102 Å². The number of hydrogen-bond donors (Lipinski definition) is 0. The zero-order chi connectivity index (χ0) is 12.9. The molecule has 3 nitrogen and oxygen atoms in total. The molecule has 0 saturated carbocycles. The van der Waals surface area contributed by atoms with Gasteiger partial charge in [0.2, 0.25) is 6.08 Å². The fourth-order valence-electron chi connectivity index (χ4n) is 1.34. The Morgan fingerprint density at radius 3 is 2.47 bits per heavy atom. The summed E-state index contributed by atoms with van der Waals surface area (Å²) in [4.78, 5) is 14.1. The summed E-state index contributed by atoms with van der Waals surface area (Å²) in [5.41, 5.74) is 1.37. The maximum absolute atomic E-state index is 10.3. The molecule has 0 atom stereocenters. The number of nitrogens with zero attached hydrogens (tertiary/aromatic N) is 1. The van der Waals surface area contributed by atoms with E-state index in [1.807, 2.05) is 45.0 Å². The lowest BCUT2D eigenvalue weighted by Gasteiger charge is -2.18. The minimum absolute atomic E-state index is 0.509. The van der Waals surface area contributed by atoms with Gasteiger partial charge in [-0.25, -0.2) is 4.79 Å². The molecule has 0 aliphatic carbocycles. The normalized spacial score (nSPS) is 10.5. The van der Waals surface area contributed by atoms with Crippen molar-refractivity contribution in [2.24, 2.45) is 4.99 Å². The lowest BCUT2D eigenvalue weighted by molar-refractivity contribution is 0.352. The summed E-state index contributed by atoms with van der Waals surface area (Å²) in [6, 6.07) is 7.52. The molecule has 0 saturated heterocycles. The summed E-state index contributed by atoms with van der Waals surface area (Å²) < 4.78 is 5.49. The van der Waals surface area contributed by atoms with E-state index in [0.29, 0.717) is 6.61 Å². The van der Waals surface area contributed by atoms with E-state index < -0.39 is 5.54 Å². The third-order valence-electron chi connectivity index (χ3n) is 2.37. The molecule has 0 N–H and O–H groups in total. The van der Waals surface area contributed by atoms with E-state index in [4.69, 9.17) is 4.74 Å². The lowest BCUT2D eigenvalue weighted by Crippen LogP contribution is -2.13. The summed E-state index contributed by atoms with van der Waals surface area (Å²) in [7, 11) is 0. The molecule has 1 aromatic rings. The molecule has 17 heavy (non-hydrogen) atoms. The summed E-state index contributed by atoms with van der Waals surface area (Å²) in [5.74, 6) is 0.780. The van der Waals surface area contributed by atoms with Crippen molar-refractivity contribution in [3.05, 3.63) is 42.0 Å². The van der Waals surface area contributed by atoms with Crippen LogP contribution in [0.2, 0.25) is 0 Å². The van der Waals surface area contributed by atoms with Crippen molar-refractivity contribution in [2.45, 2.75) is 26.3 Å². The van der Waals surface area contributed by atoms with Crippen molar-refractivity contribution in [2.75, 3.05) is 6.61 Å². The highest BCUT2D eigenvalue weighted by atomic mass is 16.5. The second-order valence-corrected chi connectivity index (χ2v) is 4.53. The van der Waals surface area contributed by atoms with Crippen LogP contribution in [0.15, 0.2) is 41.4 Å². The number of benzene rings is 1. The van der Waals surface area contributed by atoms with E-state index in [-0.39, 0.29) is 0 Å². The standard InChI is InChI=1S/C14H17NO2/c1-11(2)9-17-13-7-5-12(6-8-13)14(3,4)15-10-16/h5-8H,1,9H2,2-4H3. The third-order valence-corrected chi connectivity index (χ3v) is 2.37. The average molecular weight is 231 g/mol. The second-order valence-electron chi connectivity index (χ2n) is 4.53. The molecule has 0 aliphatic rings. The van der Waals surface area contributed by atoms with E-state index in [1.54, 1.807) is 6.08 Å². The van der Waals surface area contributed by atoms with Gasteiger partial charge in [-0.2, -0.15) is 4.99 Å². The van der Waals surface area contributed by atoms with Gasteiger partial charge in [-0.15, -0.1) is 0 Å². The van der Waals surface area contributed by atoms with Crippen LogP contribution >= 0.6 is 0 Å². The summed E-state index contributed by atoms with van der Waals surface area (Å²) >= 11 is 0. The van der Waals surface area contributed by atoms with E-state index in [9.17, 15) is 4.79 Å². The average Bonchev–Trinajstić information content (AvgIpc) is 2.27. The Hall–Kier alpha value is -1.86. The van der Waals surface area contributed by atoms with Crippen LogP contribution in [0.3, 0.4) is 0 Å². The zero-order valence-electron chi connectivity index (χ0n) is 10.5. The van der Waals surface area contributed by atoms with Crippen molar-refractivity contribution in [3.63, 3.8) is 0 Å². The molecule has 0 spiro atoms. The van der Waals surface area contributed by atoms with Crippen LogP contribution in [-0.4, -0.2) is 12.7 Å². The van der Waals surface area contributed by atoms with Crippen molar-refractivity contribution in [1.29, 1.82) is 0 Å². The summed E-state index contributed by atoms with van der Waals surface area (Å²) in [6.07, 6.45) is 1.59. The van der Waals surface area contributed by atoms with Gasteiger partial charge in [-0.05, 0) is 44.0 Å². The highest BCUT2D eigenvalue weighted by Crippen LogP contribution is 2.26. The minimum Gasteiger partial charge on any atom is -0.489 e. The predicted molar refractivity (Wildman–Crippen MR) is 67.9 cm³/mol. The first kappa shape index (κ1) is 13.2. The van der Waals surface area contributed by atoms with Crippen LogP contribution in [0.1, 0.15) is 26.3 Å². The fourth-order valence-corrected chi connectivity index (χ4v) is 1.34. The molecule has 0 unspecified atom stereocenters. The van der Waals surface area contributed by atoms with Gasteiger partial charge < -0.3 is 4.74 Å². The topological polar surface area (TPSA) is 38.7 Å². The molecule has 1 aromatic carbocycles. The maximum Gasteiger partial charge on any atom is 0.235 e. The maximum atomic E-state index is 10.3. The molecule has 3 heteroatoms. The molecular weight excluding hydrogens is 214 g/mol. The number of isocyanates is 1. The van der Waals surface area contributed by atoms with Gasteiger partial charge in [0.1, 0.15) is 12.4 Å². The number of rotatable bonds is 5. The van der Waals surface area contributed by atoms with Crippen LogP contribution < -0.4 is 4.74 Å². The first-order valence-corrected chi connectivity index (χ1v) is 5.42. The van der Waals surface area contributed by atoms with E-state index in [1.165, 1.54) is 0 Å².